The van der Waals surface area contributed by atoms with Crippen LogP contribution in [0.4, 0.5) is 15.8 Å². The van der Waals surface area contributed by atoms with Gasteiger partial charge in [0.1, 0.15) is 5.69 Å². The molecule has 0 aliphatic carbocycles. The Labute approximate surface area is 136 Å². The van der Waals surface area contributed by atoms with Gasteiger partial charge in [-0.25, -0.2) is 15.0 Å². The second kappa shape index (κ2) is 6.84. The van der Waals surface area contributed by atoms with Crippen LogP contribution >= 0.6 is 11.6 Å². The third-order valence-electron chi connectivity index (χ3n) is 3.31. The van der Waals surface area contributed by atoms with E-state index in [2.05, 4.69) is 20.3 Å². The molecule has 0 saturated carbocycles. The predicted octanol–water partition coefficient (Wildman–Crippen LogP) is 1.75. The van der Waals surface area contributed by atoms with Crippen molar-refractivity contribution < 1.29 is 13.9 Å². The van der Waals surface area contributed by atoms with Crippen LogP contribution in [0.1, 0.15) is 10.5 Å². The van der Waals surface area contributed by atoms with E-state index in [-0.39, 0.29) is 11.0 Å². The summed E-state index contributed by atoms with van der Waals surface area (Å²) in [6, 6.07) is 2.72. The van der Waals surface area contributed by atoms with Gasteiger partial charge in [0.2, 0.25) is 11.2 Å². The Morgan fingerprint density at radius 2 is 2.13 bits per heavy atom. The number of nitrogens with one attached hydrogen (secondary N) is 1. The molecule has 2 aromatic heterocycles. The second-order valence-electron chi connectivity index (χ2n) is 4.79. The number of hydrogen-bond donors (Lipinski definition) is 1. The number of morpholine rings is 1. The van der Waals surface area contributed by atoms with E-state index in [4.69, 9.17) is 16.3 Å². The summed E-state index contributed by atoms with van der Waals surface area (Å²) < 4.78 is 18.8. The highest BCUT2D eigenvalue weighted by molar-refractivity contribution is 6.28. The lowest BCUT2D eigenvalue weighted by Gasteiger charge is -2.30. The highest BCUT2D eigenvalue weighted by Crippen LogP contribution is 2.27. The molecule has 1 amide bonds. The monoisotopic (exact) mass is 337 g/mol. The Bertz CT molecular complexity index is 724. The van der Waals surface area contributed by atoms with Crippen molar-refractivity contribution in [1.29, 1.82) is 0 Å². The zero-order valence-corrected chi connectivity index (χ0v) is 12.8. The van der Waals surface area contributed by atoms with Gasteiger partial charge in [-0.15, -0.1) is 0 Å². The molecule has 0 unspecified atom stereocenters. The molecule has 23 heavy (non-hydrogen) atoms. The van der Waals surface area contributed by atoms with E-state index in [0.717, 1.165) is 0 Å². The summed E-state index contributed by atoms with van der Waals surface area (Å²) in [5, 5.41) is 2.65. The molecule has 0 spiro atoms. The van der Waals surface area contributed by atoms with Gasteiger partial charge in [0, 0.05) is 25.4 Å². The van der Waals surface area contributed by atoms with Crippen molar-refractivity contribution in [3.63, 3.8) is 0 Å². The van der Waals surface area contributed by atoms with E-state index in [0.29, 0.717) is 37.7 Å². The number of amides is 1. The number of carbonyl (C=O) groups excluding carboxylic acids is 1. The Hall–Kier alpha value is -2.32. The topological polar surface area (TPSA) is 80.2 Å². The fourth-order valence-electron chi connectivity index (χ4n) is 2.23. The number of pyridine rings is 1. The lowest BCUT2D eigenvalue weighted by Crippen LogP contribution is -2.37. The first-order valence-corrected chi connectivity index (χ1v) is 7.29. The first-order valence-electron chi connectivity index (χ1n) is 6.91. The van der Waals surface area contributed by atoms with Gasteiger partial charge in [0.15, 0.2) is 0 Å². The normalized spacial score (nSPS) is 14.6. The van der Waals surface area contributed by atoms with Gasteiger partial charge in [-0.2, -0.15) is 4.39 Å². The number of hydrogen-bond acceptors (Lipinski definition) is 6. The zero-order chi connectivity index (χ0) is 16.2. The van der Waals surface area contributed by atoms with Crippen LogP contribution in [0.2, 0.25) is 5.28 Å². The molecule has 0 aromatic carbocycles. The molecule has 120 valence electrons. The highest BCUT2D eigenvalue weighted by Gasteiger charge is 2.18. The maximum Gasteiger partial charge on any atom is 0.274 e. The molecule has 1 saturated heterocycles. The lowest BCUT2D eigenvalue weighted by molar-refractivity contribution is 0.102. The molecule has 1 fully saturated rings. The minimum Gasteiger partial charge on any atom is -0.378 e. The fraction of sp³-hybridized carbons (Fsp3) is 0.286. The van der Waals surface area contributed by atoms with Crippen molar-refractivity contribution in [3.05, 3.63) is 41.5 Å². The van der Waals surface area contributed by atoms with Crippen LogP contribution in [0.3, 0.4) is 0 Å². The number of anilines is 2. The van der Waals surface area contributed by atoms with Crippen molar-refractivity contribution >= 4 is 28.9 Å². The Morgan fingerprint density at radius 3 is 2.87 bits per heavy atom. The van der Waals surface area contributed by atoms with Gasteiger partial charge in [0.05, 0.1) is 30.8 Å². The van der Waals surface area contributed by atoms with E-state index in [1.54, 1.807) is 0 Å². The molecule has 0 radical (unpaired) electrons. The maximum atomic E-state index is 13.5. The molecule has 9 heteroatoms. The van der Waals surface area contributed by atoms with Crippen molar-refractivity contribution in [2.24, 2.45) is 0 Å². The maximum absolute atomic E-state index is 13.5. The van der Waals surface area contributed by atoms with Gasteiger partial charge in [-0.05, 0) is 17.7 Å². The minimum absolute atomic E-state index is 0.0247. The van der Waals surface area contributed by atoms with Crippen LogP contribution < -0.4 is 10.2 Å². The van der Waals surface area contributed by atoms with Crippen LogP contribution in [0.25, 0.3) is 0 Å². The summed E-state index contributed by atoms with van der Waals surface area (Å²) in [7, 11) is 0. The van der Waals surface area contributed by atoms with E-state index in [1.165, 1.54) is 24.5 Å². The summed E-state index contributed by atoms with van der Waals surface area (Å²) in [5.74, 6) is -1.09. The second-order valence-corrected chi connectivity index (χ2v) is 5.13. The standard InChI is InChI=1S/C14H13ClFN5O2/c15-14-17-2-1-9(20-14)13(22)19-10-8-18-12(16)7-11(10)21-3-5-23-6-4-21/h1-2,7-8H,3-6H2,(H,19,22). The van der Waals surface area contributed by atoms with Gasteiger partial charge < -0.3 is 15.0 Å². The van der Waals surface area contributed by atoms with Gasteiger partial charge in [0.25, 0.3) is 5.91 Å². The van der Waals surface area contributed by atoms with Gasteiger partial charge in [-0.1, -0.05) is 0 Å². The zero-order valence-electron chi connectivity index (χ0n) is 12.0. The number of carbonyl (C=O) groups is 1. The third kappa shape index (κ3) is 3.72. The quantitative estimate of drug-likeness (QED) is 0.679. The molecular weight excluding hydrogens is 325 g/mol. The van der Waals surface area contributed by atoms with Crippen LogP contribution in [0.5, 0.6) is 0 Å². The average molecular weight is 338 g/mol. The number of halogens is 2. The largest absolute Gasteiger partial charge is 0.378 e. The van der Waals surface area contributed by atoms with Gasteiger partial charge in [-0.3, -0.25) is 4.79 Å². The van der Waals surface area contributed by atoms with Crippen LogP contribution in [0, 0.1) is 5.95 Å². The van der Waals surface area contributed by atoms with Crippen LogP contribution in [0.15, 0.2) is 24.5 Å². The summed E-state index contributed by atoms with van der Waals surface area (Å²) in [5.41, 5.74) is 1.06. The first-order chi connectivity index (χ1) is 11.1. The van der Waals surface area contributed by atoms with Crippen molar-refractivity contribution in [1.82, 2.24) is 15.0 Å². The number of aromatic nitrogens is 3. The molecular formula is C14H13ClFN5O2. The van der Waals surface area contributed by atoms with Crippen molar-refractivity contribution in [2.75, 3.05) is 36.5 Å². The molecule has 0 bridgehead atoms. The molecule has 3 rings (SSSR count). The van der Waals surface area contributed by atoms with Gasteiger partial charge >= 0.3 is 0 Å². The van der Waals surface area contributed by atoms with Crippen LogP contribution in [-0.2, 0) is 4.74 Å². The summed E-state index contributed by atoms with van der Waals surface area (Å²) >= 11 is 5.68. The molecule has 1 aliphatic rings. The predicted molar refractivity (Wildman–Crippen MR) is 82.2 cm³/mol. The first kappa shape index (κ1) is 15.6. The van der Waals surface area contributed by atoms with E-state index in [1.807, 2.05) is 4.90 Å². The van der Waals surface area contributed by atoms with E-state index < -0.39 is 11.9 Å². The Kier molecular flexibility index (Phi) is 4.63. The lowest BCUT2D eigenvalue weighted by atomic mass is 10.2. The smallest absolute Gasteiger partial charge is 0.274 e. The SMILES string of the molecule is O=C(Nc1cnc(F)cc1N1CCOCC1)c1ccnc(Cl)n1. The third-order valence-corrected chi connectivity index (χ3v) is 3.49. The van der Waals surface area contributed by atoms with Crippen LogP contribution in [-0.4, -0.2) is 47.2 Å². The minimum atomic E-state index is -0.616. The summed E-state index contributed by atoms with van der Waals surface area (Å²) in [6.07, 6.45) is 2.66. The number of nitrogens with zero attached hydrogens (tertiary/aromatic N) is 4. The molecule has 3 heterocycles. The molecule has 0 atom stereocenters. The average Bonchev–Trinajstić information content (AvgIpc) is 2.57. The molecule has 1 aliphatic heterocycles. The molecule has 1 N–H and O–H groups in total. The van der Waals surface area contributed by atoms with E-state index in [9.17, 15) is 9.18 Å². The fourth-order valence-corrected chi connectivity index (χ4v) is 2.38. The van der Waals surface area contributed by atoms with E-state index >= 15 is 0 Å². The van der Waals surface area contributed by atoms with Crippen molar-refractivity contribution in [2.45, 2.75) is 0 Å². The Morgan fingerprint density at radius 1 is 1.35 bits per heavy atom. The highest BCUT2D eigenvalue weighted by atomic mass is 35.5. The number of ether oxygens (including phenoxy) is 1. The summed E-state index contributed by atoms with van der Waals surface area (Å²) in [4.78, 5) is 25.4. The Balaban J connectivity index is 1.85. The molecule has 2 aromatic rings. The van der Waals surface area contributed by atoms with Crippen molar-refractivity contribution in [3.8, 4) is 0 Å². The summed E-state index contributed by atoms with van der Waals surface area (Å²) in [6.45, 7) is 2.29. The molecule has 7 nitrogen and oxygen atoms in total. The number of rotatable bonds is 3.